The first-order chi connectivity index (χ1) is 11.7. The largest absolute Gasteiger partial charge is 0.346 e. The summed E-state index contributed by atoms with van der Waals surface area (Å²) in [6.45, 7) is 0. The molecular weight excluding hydrogens is 332 g/mol. The molecule has 138 valence electrons. The monoisotopic (exact) mass is 362 g/mol. The van der Waals surface area contributed by atoms with Gasteiger partial charge in [0.15, 0.2) is 0 Å². The van der Waals surface area contributed by atoms with Crippen molar-refractivity contribution in [3.63, 3.8) is 0 Å². The van der Waals surface area contributed by atoms with Gasteiger partial charge in [0.2, 0.25) is 5.91 Å². The first kappa shape index (κ1) is 18.7. The van der Waals surface area contributed by atoms with Gasteiger partial charge in [-0.3, -0.25) is 4.79 Å². The van der Waals surface area contributed by atoms with Crippen molar-refractivity contribution < 1.29 is 4.79 Å². The number of fused-ring (bicyclic) bond motifs is 2. The molecule has 2 unspecified atom stereocenters. The molecule has 4 heteroatoms. The lowest BCUT2D eigenvalue weighted by atomic mass is 9.65. The highest BCUT2D eigenvalue weighted by atomic mass is 35.5. The summed E-state index contributed by atoms with van der Waals surface area (Å²) in [6.07, 6.45) is 10.3. The maximum Gasteiger partial charge on any atom is 0.223 e. The van der Waals surface area contributed by atoms with Gasteiger partial charge < -0.3 is 11.1 Å². The highest BCUT2D eigenvalue weighted by molar-refractivity contribution is 5.85. The highest BCUT2D eigenvalue weighted by Gasteiger charge is 2.43. The summed E-state index contributed by atoms with van der Waals surface area (Å²) in [4.78, 5) is 13.1. The second-order valence-corrected chi connectivity index (χ2v) is 8.34. The van der Waals surface area contributed by atoms with Crippen LogP contribution in [-0.4, -0.2) is 11.9 Å². The van der Waals surface area contributed by atoms with Crippen LogP contribution in [0, 0.1) is 17.8 Å². The van der Waals surface area contributed by atoms with Crippen molar-refractivity contribution in [2.24, 2.45) is 23.5 Å². The summed E-state index contributed by atoms with van der Waals surface area (Å²) in [5.41, 5.74) is 7.54. The number of benzene rings is 1. The van der Waals surface area contributed by atoms with Crippen molar-refractivity contribution in [2.75, 3.05) is 0 Å². The van der Waals surface area contributed by atoms with Crippen LogP contribution in [0.25, 0.3) is 0 Å². The van der Waals surface area contributed by atoms with Crippen LogP contribution >= 0.6 is 12.4 Å². The van der Waals surface area contributed by atoms with Crippen LogP contribution in [-0.2, 0) is 10.3 Å². The fourth-order valence-corrected chi connectivity index (χ4v) is 5.56. The summed E-state index contributed by atoms with van der Waals surface area (Å²) < 4.78 is 0. The maximum absolute atomic E-state index is 13.1. The van der Waals surface area contributed by atoms with Gasteiger partial charge in [-0.2, -0.15) is 0 Å². The van der Waals surface area contributed by atoms with Gasteiger partial charge in [0, 0.05) is 12.0 Å². The summed E-state index contributed by atoms with van der Waals surface area (Å²) in [5.74, 6) is 1.57. The van der Waals surface area contributed by atoms with Crippen LogP contribution in [0.15, 0.2) is 30.3 Å². The Bertz CT molecular complexity index is 571. The number of nitrogens with one attached hydrogen (secondary N) is 1. The summed E-state index contributed by atoms with van der Waals surface area (Å²) in [6, 6.07) is 10.9. The molecule has 1 aromatic carbocycles. The SMILES string of the molecule is Cl.NC1C2CCCC1CC(C(=O)NC1(c3ccccc3)CCCC1)C2. The van der Waals surface area contributed by atoms with Crippen LogP contribution in [0.1, 0.15) is 63.4 Å². The van der Waals surface area contributed by atoms with Crippen molar-refractivity contribution in [1.29, 1.82) is 0 Å². The average Bonchev–Trinajstić information content (AvgIpc) is 3.05. The topological polar surface area (TPSA) is 55.1 Å². The van der Waals surface area contributed by atoms with Crippen molar-refractivity contribution in [3.8, 4) is 0 Å². The smallest absolute Gasteiger partial charge is 0.223 e. The van der Waals surface area contributed by atoms with Gasteiger partial charge in [-0.25, -0.2) is 0 Å². The minimum absolute atomic E-state index is 0. The molecule has 3 fully saturated rings. The Hall–Kier alpha value is -1.06. The van der Waals surface area contributed by atoms with Crippen molar-refractivity contribution in [1.82, 2.24) is 5.32 Å². The predicted molar refractivity (Wildman–Crippen MR) is 104 cm³/mol. The minimum Gasteiger partial charge on any atom is -0.346 e. The molecule has 3 nitrogen and oxygen atoms in total. The molecule has 3 aliphatic carbocycles. The molecule has 0 aromatic heterocycles. The van der Waals surface area contributed by atoms with Crippen LogP contribution in [0.4, 0.5) is 0 Å². The summed E-state index contributed by atoms with van der Waals surface area (Å²) in [5, 5.41) is 3.50. The number of hydrogen-bond acceptors (Lipinski definition) is 2. The van der Waals surface area contributed by atoms with Crippen LogP contribution in [0.3, 0.4) is 0 Å². The molecule has 25 heavy (non-hydrogen) atoms. The number of halogens is 1. The molecule has 2 atom stereocenters. The Morgan fingerprint density at radius 1 is 1.00 bits per heavy atom. The molecular formula is C21H31ClN2O. The molecule has 1 aromatic rings. The standard InChI is InChI=1S/C21H30N2O.ClH/c22-19-15-7-6-8-16(19)14-17(13-15)20(24)23-21(11-4-5-12-21)18-9-2-1-3-10-18;/h1-3,9-10,15-17,19H,4-8,11-14,22H2,(H,23,24);1H. The van der Waals surface area contributed by atoms with Gasteiger partial charge in [-0.05, 0) is 55.9 Å². The van der Waals surface area contributed by atoms with E-state index < -0.39 is 0 Å². The summed E-state index contributed by atoms with van der Waals surface area (Å²) in [7, 11) is 0. The third kappa shape index (κ3) is 3.59. The quantitative estimate of drug-likeness (QED) is 0.848. The molecule has 2 bridgehead atoms. The van der Waals surface area contributed by atoms with Crippen LogP contribution in [0.5, 0.6) is 0 Å². The molecule has 1 amide bonds. The first-order valence-corrected chi connectivity index (χ1v) is 9.81. The molecule has 3 aliphatic rings. The maximum atomic E-state index is 13.1. The number of carbonyl (C=O) groups is 1. The third-order valence-corrected chi connectivity index (χ3v) is 6.93. The van der Waals surface area contributed by atoms with E-state index in [0.29, 0.717) is 17.9 Å². The van der Waals surface area contributed by atoms with Gasteiger partial charge in [0.1, 0.15) is 0 Å². The molecule has 4 rings (SSSR count). The lowest BCUT2D eigenvalue weighted by Gasteiger charge is -2.44. The van der Waals surface area contributed by atoms with Crippen molar-refractivity contribution in [3.05, 3.63) is 35.9 Å². The van der Waals surface area contributed by atoms with Crippen molar-refractivity contribution in [2.45, 2.75) is 69.4 Å². The molecule has 0 heterocycles. The van der Waals surface area contributed by atoms with E-state index in [-0.39, 0.29) is 29.8 Å². The van der Waals surface area contributed by atoms with Crippen LogP contribution in [0.2, 0.25) is 0 Å². The molecule has 3 saturated carbocycles. The Kier molecular flexibility index (Phi) is 5.75. The molecule has 0 spiro atoms. The predicted octanol–water partition coefficient (Wildman–Crippen LogP) is 4.15. The Labute approximate surface area is 157 Å². The highest BCUT2D eigenvalue weighted by Crippen LogP contribution is 2.43. The third-order valence-electron chi connectivity index (χ3n) is 6.93. The van der Waals surface area contributed by atoms with Gasteiger partial charge in [0.05, 0.1) is 5.54 Å². The Morgan fingerprint density at radius 2 is 1.60 bits per heavy atom. The van der Waals surface area contributed by atoms with Gasteiger partial charge >= 0.3 is 0 Å². The number of nitrogens with two attached hydrogens (primary N) is 1. The number of hydrogen-bond donors (Lipinski definition) is 2. The van der Waals surface area contributed by atoms with E-state index in [4.69, 9.17) is 5.73 Å². The normalized spacial score (nSPS) is 33.3. The lowest BCUT2D eigenvalue weighted by Crippen LogP contribution is -2.52. The van der Waals surface area contributed by atoms with Crippen LogP contribution < -0.4 is 11.1 Å². The van der Waals surface area contributed by atoms with Gasteiger partial charge in [-0.15, -0.1) is 12.4 Å². The van der Waals surface area contributed by atoms with E-state index in [1.165, 1.54) is 37.7 Å². The fourth-order valence-electron chi connectivity index (χ4n) is 5.56. The minimum atomic E-state index is -0.132. The molecule has 0 radical (unpaired) electrons. The number of rotatable bonds is 3. The van der Waals surface area contributed by atoms with E-state index in [0.717, 1.165) is 25.7 Å². The molecule has 0 aliphatic heterocycles. The zero-order chi connectivity index (χ0) is 16.6. The van der Waals surface area contributed by atoms with E-state index in [2.05, 4.69) is 35.6 Å². The van der Waals surface area contributed by atoms with E-state index in [9.17, 15) is 4.79 Å². The molecule has 3 N–H and O–H groups in total. The van der Waals surface area contributed by atoms with E-state index >= 15 is 0 Å². The number of amides is 1. The average molecular weight is 363 g/mol. The summed E-state index contributed by atoms with van der Waals surface area (Å²) >= 11 is 0. The lowest BCUT2D eigenvalue weighted by molar-refractivity contribution is -0.130. The van der Waals surface area contributed by atoms with Gasteiger partial charge in [0.25, 0.3) is 0 Å². The second kappa shape index (κ2) is 7.67. The second-order valence-electron chi connectivity index (χ2n) is 8.34. The van der Waals surface area contributed by atoms with Gasteiger partial charge in [-0.1, -0.05) is 49.6 Å². The van der Waals surface area contributed by atoms with Crippen molar-refractivity contribution >= 4 is 18.3 Å². The Morgan fingerprint density at radius 3 is 2.20 bits per heavy atom. The van der Waals surface area contributed by atoms with E-state index in [1.807, 2.05) is 0 Å². The zero-order valence-corrected chi connectivity index (χ0v) is 15.8. The van der Waals surface area contributed by atoms with E-state index in [1.54, 1.807) is 0 Å². The Balaban J connectivity index is 0.00000182. The zero-order valence-electron chi connectivity index (χ0n) is 15.0. The first-order valence-electron chi connectivity index (χ1n) is 9.81. The molecule has 0 saturated heterocycles. The number of carbonyl (C=O) groups excluding carboxylic acids is 1. The fraction of sp³-hybridized carbons (Fsp3) is 0.667.